The van der Waals surface area contributed by atoms with Gasteiger partial charge in [0.15, 0.2) is 0 Å². The van der Waals surface area contributed by atoms with Crippen LogP contribution >= 0.6 is 0 Å². The molecule has 2 amide bonds. The Kier molecular flexibility index (Phi) is 7.38. The molecule has 0 heterocycles. The molecule has 0 radical (unpaired) electrons. The van der Waals surface area contributed by atoms with Gasteiger partial charge in [-0.3, -0.25) is 9.59 Å². The van der Waals surface area contributed by atoms with Gasteiger partial charge in [0, 0.05) is 12.5 Å². The molecule has 4 rings (SSSR count). The average Bonchev–Trinajstić information content (AvgIpc) is 3.20. The lowest BCUT2D eigenvalue weighted by molar-refractivity contribution is -0.147. The zero-order valence-electron chi connectivity index (χ0n) is 20.4. The van der Waals surface area contributed by atoms with Crippen LogP contribution in [0, 0.1) is 0 Å². The molecule has 3 aromatic carbocycles. The van der Waals surface area contributed by atoms with Crippen LogP contribution in [-0.4, -0.2) is 46.7 Å². The molecule has 0 saturated carbocycles. The zero-order valence-corrected chi connectivity index (χ0v) is 20.4. The van der Waals surface area contributed by atoms with E-state index in [9.17, 15) is 19.5 Å². The number of carbonyl (C=O) groups excluding carboxylic acids is 2. The van der Waals surface area contributed by atoms with Crippen molar-refractivity contribution < 1.29 is 24.2 Å². The summed E-state index contributed by atoms with van der Waals surface area (Å²) in [6.45, 7) is 3.13. The fourth-order valence-electron chi connectivity index (χ4n) is 4.67. The second-order valence-corrected chi connectivity index (χ2v) is 9.18. The van der Waals surface area contributed by atoms with Crippen LogP contribution in [0.15, 0.2) is 78.9 Å². The quantitative estimate of drug-likeness (QED) is 0.453. The molecule has 0 aliphatic heterocycles. The maximum absolute atomic E-state index is 13.5. The van der Waals surface area contributed by atoms with E-state index in [4.69, 9.17) is 4.74 Å². The maximum Gasteiger partial charge on any atom is 0.408 e. The Labute approximate surface area is 210 Å². The molecule has 0 bridgehead atoms. The highest BCUT2D eigenvalue weighted by Crippen LogP contribution is 2.44. The number of alkyl carbamates (subject to hydrolysis) is 1. The molecule has 36 heavy (non-hydrogen) atoms. The number of rotatable bonds is 9. The topological polar surface area (TPSA) is 95.9 Å². The first kappa shape index (κ1) is 25.0. The van der Waals surface area contributed by atoms with Gasteiger partial charge in [0.25, 0.3) is 0 Å². The molecule has 7 heteroatoms. The summed E-state index contributed by atoms with van der Waals surface area (Å²) < 4.78 is 5.63. The smallest absolute Gasteiger partial charge is 0.408 e. The second kappa shape index (κ2) is 10.6. The predicted molar refractivity (Wildman–Crippen MR) is 136 cm³/mol. The van der Waals surface area contributed by atoms with Crippen LogP contribution in [0.4, 0.5) is 4.79 Å². The van der Waals surface area contributed by atoms with Gasteiger partial charge in [-0.15, -0.1) is 0 Å². The highest BCUT2D eigenvalue weighted by molar-refractivity contribution is 5.91. The summed E-state index contributed by atoms with van der Waals surface area (Å²) in [7, 11) is 0. The van der Waals surface area contributed by atoms with Crippen LogP contribution in [0.1, 0.15) is 42.9 Å². The number of fused-ring (bicyclic) bond motifs is 3. The van der Waals surface area contributed by atoms with Crippen LogP contribution in [0.25, 0.3) is 11.1 Å². The minimum Gasteiger partial charge on any atom is -0.480 e. The van der Waals surface area contributed by atoms with Crippen LogP contribution < -0.4 is 5.32 Å². The Morgan fingerprint density at radius 3 is 2.03 bits per heavy atom. The lowest BCUT2D eigenvalue weighted by Gasteiger charge is -2.33. The number of benzene rings is 3. The molecule has 0 aromatic heterocycles. The number of nitrogens with zero attached hydrogens (tertiary/aromatic N) is 1. The van der Waals surface area contributed by atoms with Gasteiger partial charge in [-0.05, 0) is 41.2 Å². The third-order valence-electron chi connectivity index (χ3n) is 6.73. The highest BCUT2D eigenvalue weighted by Gasteiger charge is 2.38. The molecule has 7 nitrogen and oxygen atoms in total. The fraction of sp³-hybridized carbons (Fsp3) is 0.276. The van der Waals surface area contributed by atoms with E-state index in [1.807, 2.05) is 66.7 Å². The number of nitrogens with one attached hydrogen (secondary N) is 1. The average molecular weight is 487 g/mol. The molecule has 1 atom stereocenters. The van der Waals surface area contributed by atoms with E-state index in [0.717, 1.165) is 27.8 Å². The minimum atomic E-state index is -1.33. The van der Waals surface area contributed by atoms with Crippen molar-refractivity contribution in [3.05, 3.63) is 95.6 Å². The zero-order chi connectivity index (χ0) is 25.7. The first-order valence-electron chi connectivity index (χ1n) is 12.0. The van der Waals surface area contributed by atoms with E-state index < -0.39 is 30.1 Å². The molecule has 0 fully saturated rings. The summed E-state index contributed by atoms with van der Waals surface area (Å²) in [5, 5.41) is 12.1. The minimum absolute atomic E-state index is 0.103. The van der Waals surface area contributed by atoms with Crippen molar-refractivity contribution in [3.8, 4) is 11.1 Å². The summed E-state index contributed by atoms with van der Waals surface area (Å²) in [6.07, 6.45) is -0.453. The van der Waals surface area contributed by atoms with Gasteiger partial charge >= 0.3 is 12.1 Å². The van der Waals surface area contributed by atoms with E-state index in [1.165, 1.54) is 4.90 Å². The Morgan fingerprint density at radius 2 is 1.47 bits per heavy atom. The number of carboxylic acids is 1. The number of hydrogen-bond donors (Lipinski definition) is 2. The Hall–Kier alpha value is -4.13. The molecule has 1 aliphatic rings. The summed E-state index contributed by atoms with van der Waals surface area (Å²) in [5.74, 6) is -1.71. The van der Waals surface area contributed by atoms with Crippen molar-refractivity contribution in [1.82, 2.24) is 10.2 Å². The summed E-state index contributed by atoms with van der Waals surface area (Å²) in [4.78, 5) is 39.1. The van der Waals surface area contributed by atoms with E-state index in [0.29, 0.717) is 0 Å². The van der Waals surface area contributed by atoms with E-state index in [-0.39, 0.29) is 25.5 Å². The summed E-state index contributed by atoms with van der Waals surface area (Å²) in [6, 6.07) is 25.3. The first-order valence-corrected chi connectivity index (χ1v) is 12.0. The standard InChI is InChI=1S/C29H30N2O5/c1-3-29(2,27(34)31(18-26(32)33)17-20-11-5-4-6-12-20)30-28(35)36-19-25-23-15-9-7-13-21(23)22-14-8-10-16-24(22)25/h4-16,25H,3,17-19H2,1-2H3,(H,30,35)(H,32,33). The van der Waals surface area contributed by atoms with Gasteiger partial charge in [0.2, 0.25) is 5.91 Å². The number of carbonyl (C=O) groups is 3. The van der Waals surface area contributed by atoms with Crippen molar-refractivity contribution in [3.63, 3.8) is 0 Å². The number of hydrogen-bond acceptors (Lipinski definition) is 4. The van der Waals surface area contributed by atoms with Crippen molar-refractivity contribution in [2.75, 3.05) is 13.2 Å². The van der Waals surface area contributed by atoms with Crippen LogP contribution in [-0.2, 0) is 20.9 Å². The number of carboxylic acid groups (broad SMARTS) is 1. The number of aliphatic carboxylic acids is 1. The van der Waals surface area contributed by atoms with Gasteiger partial charge in [-0.25, -0.2) is 4.79 Å². The molecule has 1 aliphatic carbocycles. The van der Waals surface area contributed by atoms with Crippen molar-refractivity contribution in [2.45, 2.75) is 38.3 Å². The molecule has 0 saturated heterocycles. The SMILES string of the molecule is CCC(C)(NC(=O)OCC1c2ccccc2-c2ccccc21)C(=O)N(CC(=O)O)Cc1ccccc1. The van der Waals surface area contributed by atoms with Gasteiger partial charge in [-0.1, -0.05) is 85.8 Å². The van der Waals surface area contributed by atoms with E-state index in [1.54, 1.807) is 13.8 Å². The van der Waals surface area contributed by atoms with Crippen molar-refractivity contribution >= 4 is 18.0 Å². The molecule has 1 unspecified atom stereocenters. The van der Waals surface area contributed by atoms with Crippen molar-refractivity contribution in [1.29, 1.82) is 0 Å². The lowest BCUT2D eigenvalue weighted by Crippen LogP contribution is -2.58. The largest absolute Gasteiger partial charge is 0.480 e. The Bertz CT molecular complexity index is 1210. The number of ether oxygens (including phenoxy) is 1. The monoisotopic (exact) mass is 486 g/mol. The normalized spacial score (nSPS) is 13.7. The Balaban J connectivity index is 1.46. The van der Waals surface area contributed by atoms with Gasteiger partial charge < -0.3 is 20.1 Å². The predicted octanol–water partition coefficient (Wildman–Crippen LogP) is 4.81. The molecule has 0 spiro atoms. The Morgan fingerprint density at radius 1 is 0.917 bits per heavy atom. The second-order valence-electron chi connectivity index (χ2n) is 9.18. The van der Waals surface area contributed by atoms with Crippen molar-refractivity contribution in [2.24, 2.45) is 0 Å². The molecular weight excluding hydrogens is 456 g/mol. The molecule has 2 N–H and O–H groups in total. The fourth-order valence-corrected chi connectivity index (χ4v) is 4.67. The van der Waals surface area contributed by atoms with Gasteiger partial charge in [0.1, 0.15) is 18.7 Å². The molecule has 3 aromatic rings. The maximum atomic E-state index is 13.5. The van der Waals surface area contributed by atoms with Gasteiger partial charge in [-0.2, -0.15) is 0 Å². The van der Waals surface area contributed by atoms with Crippen LogP contribution in [0.2, 0.25) is 0 Å². The van der Waals surface area contributed by atoms with Gasteiger partial charge in [0.05, 0.1) is 0 Å². The lowest BCUT2D eigenvalue weighted by atomic mass is 9.96. The molecule has 186 valence electrons. The third-order valence-corrected chi connectivity index (χ3v) is 6.73. The third kappa shape index (κ3) is 5.25. The van der Waals surface area contributed by atoms with E-state index >= 15 is 0 Å². The van der Waals surface area contributed by atoms with E-state index in [2.05, 4.69) is 17.4 Å². The first-order chi connectivity index (χ1) is 17.3. The molecular formula is C29H30N2O5. The number of amides is 2. The highest BCUT2D eigenvalue weighted by atomic mass is 16.5. The van der Waals surface area contributed by atoms with Crippen LogP contribution in [0.3, 0.4) is 0 Å². The summed E-state index contributed by atoms with van der Waals surface area (Å²) >= 11 is 0. The van der Waals surface area contributed by atoms with Crippen LogP contribution in [0.5, 0.6) is 0 Å². The summed E-state index contributed by atoms with van der Waals surface area (Å²) in [5.41, 5.74) is 3.91.